The lowest BCUT2D eigenvalue weighted by molar-refractivity contribution is -0.384. The molecule has 3 aromatic rings. The summed E-state index contributed by atoms with van der Waals surface area (Å²) in [6.07, 6.45) is 1.65. The van der Waals surface area contributed by atoms with Crippen LogP contribution < -0.4 is 10.1 Å². The Kier molecular flexibility index (Phi) is 8.56. The zero-order valence-electron chi connectivity index (χ0n) is 17.0. The molecule has 3 aromatic carbocycles. The Morgan fingerprint density at radius 1 is 1.00 bits per heavy atom. The Labute approximate surface area is 219 Å². The number of nitrogens with zero attached hydrogens (tertiary/aromatic N) is 2. The molecule has 0 bridgehead atoms. The number of benzene rings is 3. The minimum absolute atomic E-state index is 0.0431. The highest BCUT2D eigenvalue weighted by Gasteiger charge is 2.21. The quantitative estimate of drug-likeness (QED) is 0.139. The molecule has 178 valence electrons. The van der Waals surface area contributed by atoms with E-state index in [0.29, 0.717) is 10.7 Å². The van der Waals surface area contributed by atoms with Crippen molar-refractivity contribution in [2.75, 3.05) is 11.6 Å². The number of nitro benzene ring substituents is 1. The Balaban J connectivity index is 1.89. The van der Waals surface area contributed by atoms with Crippen molar-refractivity contribution in [3.05, 3.63) is 84.8 Å². The monoisotopic (exact) mass is 579 g/mol. The number of amidine groups is 1. The number of rotatable bonds is 6. The minimum Gasteiger partial charge on any atom is -0.453 e. The highest BCUT2D eigenvalue weighted by atomic mass is 35.5. The molecular formula is C20H13Cl4N3O5S2. The molecule has 0 unspecified atom stereocenters. The number of halogens is 4. The van der Waals surface area contributed by atoms with Gasteiger partial charge in [-0.15, -0.1) is 4.40 Å². The van der Waals surface area contributed by atoms with Gasteiger partial charge in [0.25, 0.3) is 15.7 Å². The van der Waals surface area contributed by atoms with Crippen LogP contribution in [-0.4, -0.2) is 24.8 Å². The Morgan fingerprint density at radius 2 is 1.62 bits per heavy atom. The smallest absolute Gasteiger partial charge is 0.284 e. The van der Waals surface area contributed by atoms with Gasteiger partial charge in [0.15, 0.2) is 10.9 Å². The van der Waals surface area contributed by atoms with Gasteiger partial charge in [-0.05, 0) is 48.7 Å². The number of ether oxygens (including phenoxy) is 1. The molecular weight excluding hydrogens is 568 g/mol. The van der Waals surface area contributed by atoms with Crippen LogP contribution in [-0.2, 0) is 10.0 Å². The first-order chi connectivity index (χ1) is 16.0. The lowest BCUT2D eigenvalue weighted by atomic mass is 10.3. The Bertz CT molecular complexity index is 1360. The van der Waals surface area contributed by atoms with Gasteiger partial charge in [-0.3, -0.25) is 10.1 Å². The van der Waals surface area contributed by atoms with Crippen LogP contribution in [0, 0.1) is 10.1 Å². The number of non-ortho nitro benzene ring substituents is 1. The second-order valence-electron chi connectivity index (χ2n) is 6.40. The van der Waals surface area contributed by atoms with E-state index < -0.39 is 14.9 Å². The summed E-state index contributed by atoms with van der Waals surface area (Å²) in [5.41, 5.74) is 0.359. The van der Waals surface area contributed by atoms with Crippen LogP contribution in [0.2, 0.25) is 20.1 Å². The van der Waals surface area contributed by atoms with E-state index in [0.717, 1.165) is 30.0 Å². The summed E-state index contributed by atoms with van der Waals surface area (Å²) in [6, 6.07) is 12.4. The standard InChI is InChI=1S/C20H13Cl4N3O5S2/c1-33-20(25-12-4-2-11(21)3-5-12)26-34(30,31)14-9-16(23)19(17(24)10-14)32-18-7-6-13(27(28)29)8-15(18)22/h2-10H,1H3,(H,25,26). The summed E-state index contributed by atoms with van der Waals surface area (Å²) in [5.74, 6) is -0.0343. The van der Waals surface area contributed by atoms with Crippen LogP contribution in [0.4, 0.5) is 11.4 Å². The molecule has 0 amide bonds. The predicted octanol–water partition coefficient (Wildman–Crippen LogP) is 7.52. The summed E-state index contributed by atoms with van der Waals surface area (Å²) >= 11 is 25.4. The number of hydrogen-bond acceptors (Lipinski definition) is 6. The van der Waals surface area contributed by atoms with Crippen molar-refractivity contribution in [3.63, 3.8) is 0 Å². The summed E-state index contributed by atoms with van der Waals surface area (Å²) in [7, 11) is -4.20. The van der Waals surface area contributed by atoms with Gasteiger partial charge >= 0.3 is 0 Å². The van der Waals surface area contributed by atoms with Crippen LogP contribution in [0.1, 0.15) is 0 Å². The van der Waals surface area contributed by atoms with Crippen molar-refractivity contribution < 1.29 is 18.1 Å². The molecule has 0 saturated heterocycles. The van der Waals surface area contributed by atoms with Gasteiger partial charge in [0.2, 0.25) is 0 Å². The molecule has 0 aromatic heterocycles. The van der Waals surface area contributed by atoms with E-state index in [1.165, 1.54) is 12.1 Å². The Morgan fingerprint density at radius 3 is 2.15 bits per heavy atom. The molecule has 0 aliphatic heterocycles. The first kappa shape index (κ1) is 26.4. The maximum atomic E-state index is 12.9. The van der Waals surface area contributed by atoms with Crippen molar-refractivity contribution in [1.82, 2.24) is 0 Å². The first-order valence-electron chi connectivity index (χ1n) is 9.02. The van der Waals surface area contributed by atoms with Gasteiger partial charge in [0.05, 0.1) is 24.9 Å². The summed E-state index contributed by atoms with van der Waals surface area (Å²) in [6.45, 7) is 0. The number of anilines is 1. The van der Waals surface area contributed by atoms with E-state index in [-0.39, 0.29) is 42.3 Å². The second kappa shape index (κ2) is 11.0. The van der Waals surface area contributed by atoms with Crippen LogP contribution in [0.15, 0.2) is 63.9 Å². The van der Waals surface area contributed by atoms with Crippen molar-refractivity contribution in [2.24, 2.45) is 4.40 Å². The highest BCUT2D eigenvalue weighted by Crippen LogP contribution is 2.41. The number of thioether (sulfide) groups is 1. The molecule has 0 aliphatic rings. The van der Waals surface area contributed by atoms with E-state index >= 15 is 0 Å². The van der Waals surface area contributed by atoms with Crippen LogP contribution in [0.25, 0.3) is 0 Å². The fraction of sp³-hybridized carbons (Fsp3) is 0.0500. The number of sulfonamides is 1. The lowest BCUT2D eigenvalue weighted by Gasteiger charge is -2.12. The fourth-order valence-electron chi connectivity index (χ4n) is 2.51. The molecule has 0 aliphatic carbocycles. The van der Waals surface area contributed by atoms with Gasteiger partial charge in [-0.1, -0.05) is 58.2 Å². The zero-order chi connectivity index (χ0) is 25.0. The topological polar surface area (TPSA) is 111 Å². The minimum atomic E-state index is -4.20. The van der Waals surface area contributed by atoms with Crippen molar-refractivity contribution >= 4 is 84.7 Å². The second-order valence-corrected chi connectivity index (χ2v) is 10.5. The van der Waals surface area contributed by atoms with Gasteiger partial charge < -0.3 is 10.1 Å². The first-order valence-corrected chi connectivity index (χ1v) is 13.2. The number of nitrogens with one attached hydrogen (secondary N) is 1. The van der Waals surface area contributed by atoms with E-state index in [2.05, 4.69) is 9.71 Å². The lowest BCUT2D eigenvalue weighted by Crippen LogP contribution is -2.11. The van der Waals surface area contributed by atoms with Gasteiger partial charge in [-0.25, -0.2) is 0 Å². The van der Waals surface area contributed by atoms with Crippen molar-refractivity contribution in [1.29, 1.82) is 0 Å². The Hall–Kier alpha value is -2.21. The molecule has 8 nitrogen and oxygen atoms in total. The average molecular weight is 581 g/mol. The van der Waals surface area contributed by atoms with E-state index in [1.54, 1.807) is 30.5 Å². The zero-order valence-corrected chi connectivity index (χ0v) is 21.6. The highest BCUT2D eigenvalue weighted by molar-refractivity contribution is 8.14. The molecule has 0 heterocycles. The molecule has 14 heteroatoms. The van der Waals surface area contributed by atoms with Gasteiger partial charge in [0, 0.05) is 22.8 Å². The molecule has 0 fully saturated rings. The van der Waals surface area contributed by atoms with Crippen LogP contribution in [0.3, 0.4) is 0 Å². The number of nitro groups is 1. The number of hydrogen-bond donors (Lipinski definition) is 1. The summed E-state index contributed by atoms with van der Waals surface area (Å²) in [4.78, 5) is 9.98. The average Bonchev–Trinajstić information content (AvgIpc) is 2.77. The largest absolute Gasteiger partial charge is 0.453 e. The van der Waals surface area contributed by atoms with E-state index in [4.69, 9.17) is 51.1 Å². The van der Waals surface area contributed by atoms with Crippen molar-refractivity contribution in [2.45, 2.75) is 4.90 Å². The molecule has 3 rings (SSSR count). The van der Waals surface area contributed by atoms with Crippen molar-refractivity contribution in [3.8, 4) is 11.5 Å². The van der Waals surface area contributed by atoms with Crippen LogP contribution >= 0.6 is 58.2 Å². The molecule has 34 heavy (non-hydrogen) atoms. The molecule has 0 saturated carbocycles. The SMILES string of the molecule is CS/C(=N\S(=O)(=O)c1cc(Cl)c(Oc2ccc([N+](=O)[O-])cc2Cl)c(Cl)c1)Nc1ccc(Cl)cc1. The third kappa shape index (κ3) is 6.47. The van der Waals surface area contributed by atoms with Gasteiger partial charge in [0.1, 0.15) is 5.75 Å². The molecule has 0 radical (unpaired) electrons. The van der Waals surface area contributed by atoms with E-state index in [1.807, 2.05) is 0 Å². The fourth-order valence-corrected chi connectivity index (χ4v) is 5.26. The summed E-state index contributed by atoms with van der Waals surface area (Å²) < 4.78 is 35.1. The molecule has 0 spiro atoms. The molecule has 1 N–H and O–H groups in total. The maximum absolute atomic E-state index is 12.9. The predicted molar refractivity (Wildman–Crippen MR) is 138 cm³/mol. The maximum Gasteiger partial charge on any atom is 0.284 e. The molecule has 0 atom stereocenters. The third-order valence-corrected chi connectivity index (χ3v) is 7.16. The van der Waals surface area contributed by atoms with Gasteiger partial charge in [-0.2, -0.15) is 8.42 Å². The summed E-state index contributed by atoms with van der Waals surface area (Å²) in [5, 5.41) is 14.1. The van der Waals surface area contributed by atoms with Crippen LogP contribution in [0.5, 0.6) is 11.5 Å². The van der Waals surface area contributed by atoms with E-state index in [9.17, 15) is 18.5 Å². The normalized spacial score (nSPS) is 11.9. The third-order valence-electron chi connectivity index (χ3n) is 4.10.